The molecule has 6 nitrogen and oxygen atoms in total. The normalized spacial score (nSPS) is 11.5. The second-order valence-electron chi connectivity index (χ2n) is 6.08. The van der Waals surface area contributed by atoms with Gasteiger partial charge in [-0.25, -0.2) is 0 Å². The first-order valence-electron chi connectivity index (χ1n) is 8.65. The van der Waals surface area contributed by atoms with Gasteiger partial charge >= 0.3 is 0 Å². The first-order valence-corrected chi connectivity index (χ1v) is 8.65. The van der Waals surface area contributed by atoms with Crippen LogP contribution in [-0.2, 0) is 9.59 Å². The van der Waals surface area contributed by atoms with E-state index in [-0.39, 0.29) is 24.2 Å². The summed E-state index contributed by atoms with van der Waals surface area (Å²) in [7, 11) is 1.65. The molecule has 0 spiro atoms. The number of aliphatic hydroxyl groups excluding tert-OH is 1. The zero-order chi connectivity index (χ0) is 17.5. The summed E-state index contributed by atoms with van der Waals surface area (Å²) in [5.74, 6) is -0.135. The zero-order valence-corrected chi connectivity index (χ0v) is 14.7. The van der Waals surface area contributed by atoms with Crippen LogP contribution in [0.15, 0.2) is 4.99 Å². The Morgan fingerprint density at radius 1 is 0.957 bits per heavy atom. The van der Waals surface area contributed by atoms with Crippen molar-refractivity contribution in [2.24, 2.45) is 10.7 Å². The fourth-order valence-electron chi connectivity index (χ4n) is 2.31. The smallest absolute Gasteiger partial charge is 0.248 e. The molecule has 0 saturated heterocycles. The number of hydrogen-bond donors (Lipinski definition) is 2. The third kappa shape index (κ3) is 13.9. The largest absolute Gasteiger partial charge is 0.396 e. The molecular weight excluding hydrogens is 294 g/mol. The van der Waals surface area contributed by atoms with Crippen molar-refractivity contribution >= 4 is 17.6 Å². The molecule has 0 radical (unpaired) electrons. The van der Waals surface area contributed by atoms with E-state index in [1.165, 1.54) is 37.5 Å². The lowest BCUT2D eigenvalue weighted by Crippen LogP contribution is -2.37. The number of ketones is 1. The molecule has 0 fully saturated rings. The molecule has 0 saturated carbocycles. The second-order valence-corrected chi connectivity index (χ2v) is 6.08. The molecule has 0 aliphatic carbocycles. The molecule has 0 aromatic carbocycles. The number of likely N-dealkylation sites (N-methyl/N-ethyl adjacent to an activating group) is 1. The van der Waals surface area contributed by atoms with E-state index in [4.69, 9.17) is 10.8 Å². The van der Waals surface area contributed by atoms with Crippen molar-refractivity contribution in [3.63, 3.8) is 0 Å². The Labute approximate surface area is 140 Å². The average molecular weight is 327 g/mol. The number of amides is 1. The van der Waals surface area contributed by atoms with Crippen LogP contribution in [0.5, 0.6) is 0 Å². The van der Waals surface area contributed by atoms with E-state index in [2.05, 4.69) is 4.99 Å². The first-order chi connectivity index (χ1) is 11.0. The summed E-state index contributed by atoms with van der Waals surface area (Å²) >= 11 is 0. The lowest BCUT2D eigenvalue weighted by Gasteiger charge is -2.15. The number of guanidine groups is 1. The van der Waals surface area contributed by atoms with E-state index in [0.29, 0.717) is 13.0 Å². The van der Waals surface area contributed by atoms with Gasteiger partial charge in [0.2, 0.25) is 5.91 Å². The van der Waals surface area contributed by atoms with Gasteiger partial charge in [-0.15, -0.1) is 0 Å². The minimum atomic E-state index is -0.220. The summed E-state index contributed by atoms with van der Waals surface area (Å²) in [6, 6.07) is 0. The molecule has 0 aliphatic rings. The topological polar surface area (TPSA) is 96.0 Å². The maximum Gasteiger partial charge on any atom is 0.248 e. The molecule has 23 heavy (non-hydrogen) atoms. The van der Waals surface area contributed by atoms with Gasteiger partial charge in [-0.05, 0) is 19.8 Å². The Morgan fingerprint density at radius 2 is 1.43 bits per heavy atom. The highest BCUT2D eigenvalue weighted by Crippen LogP contribution is 2.10. The van der Waals surface area contributed by atoms with E-state index >= 15 is 0 Å². The average Bonchev–Trinajstić information content (AvgIpc) is 2.48. The number of Topliss-reactive ketones (excluding diaryl/α,β-unsaturated/α-hetero) is 1. The molecule has 1 amide bonds. The Hall–Kier alpha value is -1.43. The summed E-state index contributed by atoms with van der Waals surface area (Å²) in [6.07, 6.45) is 10.3. The van der Waals surface area contributed by atoms with Gasteiger partial charge in [-0.2, -0.15) is 4.99 Å². The number of carbonyl (C=O) groups is 2. The van der Waals surface area contributed by atoms with Gasteiger partial charge < -0.3 is 15.7 Å². The van der Waals surface area contributed by atoms with Crippen LogP contribution >= 0.6 is 0 Å². The molecule has 134 valence electrons. The van der Waals surface area contributed by atoms with E-state index in [0.717, 1.165) is 32.1 Å². The molecule has 0 heterocycles. The van der Waals surface area contributed by atoms with Gasteiger partial charge in [0.15, 0.2) is 5.96 Å². The highest BCUT2D eigenvalue weighted by molar-refractivity contribution is 5.93. The number of hydrogen-bond acceptors (Lipinski definition) is 3. The third-order valence-corrected chi connectivity index (χ3v) is 3.64. The monoisotopic (exact) mass is 327 g/mol. The van der Waals surface area contributed by atoms with E-state index in [1.54, 1.807) is 7.05 Å². The first kappa shape index (κ1) is 21.6. The highest BCUT2D eigenvalue weighted by Gasteiger charge is 2.07. The van der Waals surface area contributed by atoms with Crippen LogP contribution in [0.3, 0.4) is 0 Å². The molecular formula is C17H33N3O3. The van der Waals surface area contributed by atoms with Crippen LogP contribution in [0.2, 0.25) is 0 Å². The van der Waals surface area contributed by atoms with E-state index in [9.17, 15) is 9.59 Å². The Morgan fingerprint density at radius 3 is 1.91 bits per heavy atom. The molecule has 0 aliphatic heterocycles. The lowest BCUT2D eigenvalue weighted by atomic mass is 10.1. The fraction of sp³-hybridized carbons (Fsp3) is 0.824. The molecule has 6 heteroatoms. The minimum absolute atomic E-state index is 0.0190. The van der Waals surface area contributed by atoms with Crippen LogP contribution in [-0.4, -0.2) is 47.9 Å². The van der Waals surface area contributed by atoms with Gasteiger partial charge in [-0.1, -0.05) is 44.9 Å². The molecule has 0 rings (SSSR count). The van der Waals surface area contributed by atoms with Crippen molar-refractivity contribution in [3.05, 3.63) is 0 Å². The van der Waals surface area contributed by atoms with Gasteiger partial charge in [0.25, 0.3) is 0 Å². The molecule has 0 bridgehead atoms. The van der Waals surface area contributed by atoms with Crippen LogP contribution in [0.1, 0.15) is 71.1 Å². The van der Waals surface area contributed by atoms with Gasteiger partial charge in [0.1, 0.15) is 5.78 Å². The van der Waals surface area contributed by atoms with Crippen molar-refractivity contribution in [1.29, 1.82) is 0 Å². The van der Waals surface area contributed by atoms with Gasteiger partial charge in [-0.3, -0.25) is 9.59 Å². The number of aliphatic imine (C=N–C) groups is 1. The quantitative estimate of drug-likeness (QED) is 0.307. The van der Waals surface area contributed by atoms with Crippen LogP contribution in [0.25, 0.3) is 0 Å². The van der Waals surface area contributed by atoms with Crippen LogP contribution < -0.4 is 5.73 Å². The third-order valence-electron chi connectivity index (χ3n) is 3.64. The van der Waals surface area contributed by atoms with Crippen molar-refractivity contribution < 1.29 is 14.7 Å². The van der Waals surface area contributed by atoms with Crippen molar-refractivity contribution in [2.45, 2.75) is 71.1 Å². The minimum Gasteiger partial charge on any atom is -0.396 e. The summed E-state index contributed by atoms with van der Waals surface area (Å²) in [6.45, 7) is 1.94. The second kappa shape index (κ2) is 14.2. The summed E-state index contributed by atoms with van der Waals surface area (Å²) < 4.78 is 0. The summed E-state index contributed by atoms with van der Waals surface area (Å²) in [4.78, 5) is 27.9. The zero-order valence-electron chi connectivity index (χ0n) is 14.7. The number of aliphatic hydroxyl groups is 1. The predicted octanol–water partition coefficient (Wildman–Crippen LogP) is 2.24. The number of nitrogens with two attached hydrogens (primary N) is 1. The number of rotatable bonds is 13. The van der Waals surface area contributed by atoms with Crippen molar-refractivity contribution in [1.82, 2.24) is 4.90 Å². The van der Waals surface area contributed by atoms with Gasteiger partial charge in [0, 0.05) is 20.1 Å². The maximum absolute atomic E-state index is 11.7. The van der Waals surface area contributed by atoms with Crippen molar-refractivity contribution in [3.8, 4) is 0 Å². The van der Waals surface area contributed by atoms with Crippen molar-refractivity contribution in [2.75, 3.05) is 20.2 Å². The van der Waals surface area contributed by atoms with Gasteiger partial charge in [0.05, 0.1) is 6.54 Å². The number of unbranched alkanes of at least 4 members (excludes halogenated alkanes) is 8. The molecule has 0 aromatic rings. The number of nitrogens with zero attached hydrogens (tertiary/aromatic N) is 2. The van der Waals surface area contributed by atoms with Crippen LogP contribution in [0.4, 0.5) is 0 Å². The van der Waals surface area contributed by atoms with Crippen LogP contribution in [0, 0.1) is 0 Å². The summed E-state index contributed by atoms with van der Waals surface area (Å²) in [5.41, 5.74) is 5.67. The molecule has 0 atom stereocenters. The standard InChI is InChI=1S/C17H33N3O3/c1-15(22)14-20(2)17(18)19-16(23)12-10-8-6-4-3-5-7-9-11-13-21/h21H,3-14H2,1-2H3,(H2,18,19,23). The molecule has 0 unspecified atom stereocenters. The van der Waals surface area contributed by atoms with E-state index in [1.807, 2.05) is 0 Å². The SMILES string of the molecule is CC(=O)CN(C)C(N)=NC(=O)CCCCCCCCCCCO. The lowest BCUT2D eigenvalue weighted by molar-refractivity contribution is -0.119. The number of carbonyl (C=O) groups excluding carboxylic acids is 2. The molecule has 3 N–H and O–H groups in total. The fourth-order valence-corrected chi connectivity index (χ4v) is 2.31. The Balaban J connectivity index is 3.61. The summed E-state index contributed by atoms with van der Waals surface area (Å²) in [5, 5.41) is 8.67. The Kier molecular flexibility index (Phi) is 13.3. The predicted molar refractivity (Wildman–Crippen MR) is 93.2 cm³/mol. The molecule has 0 aromatic heterocycles. The Bertz CT molecular complexity index is 370. The highest BCUT2D eigenvalue weighted by atomic mass is 16.2. The van der Waals surface area contributed by atoms with E-state index < -0.39 is 0 Å². The maximum atomic E-state index is 11.7.